The molecule has 2 N–H and O–H groups in total. The smallest absolute Gasteiger partial charge is 0.407 e. The van der Waals surface area contributed by atoms with Gasteiger partial charge in [-0.15, -0.1) is 11.3 Å². The number of hydrogen-bond donors (Lipinski definition) is 2. The Bertz CT molecular complexity index is 943. The molecule has 0 saturated heterocycles. The summed E-state index contributed by atoms with van der Waals surface area (Å²) in [7, 11) is 1.57. The fourth-order valence-electron chi connectivity index (χ4n) is 3.20. The van der Waals surface area contributed by atoms with E-state index in [1.807, 2.05) is 0 Å². The van der Waals surface area contributed by atoms with Crippen LogP contribution >= 0.6 is 11.3 Å². The van der Waals surface area contributed by atoms with Gasteiger partial charge < -0.3 is 24.5 Å². The summed E-state index contributed by atoms with van der Waals surface area (Å²) < 4.78 is 15.1. The van der Waals surface area contributed by atoms with Crippen LogP contribution < -0.4 is 10.6 Å². The van der Waals surface area contributed by atoms with E-state index in [0.29, 0.717) is 36.7 Å². The van der Waals surface area contributed by atoms with Gasteiger partial charge in [0.15, 0.2) is 0 Å². The molecule has 0 fully saturated rings. The molecule has 1 atom stereocenters. The van der Waals surface area contributed by atoms with Crippen LogP contribution in [0.1, 0.15) is 28.0 Å². The van der Waals surface area contributed by atoms with Crippen LogP contribution in [0.5, 0.6) is 0 Å². The van der Waals surface area contributed by atoms with Crippen LogP contribution in [0.25, 0.3) is 6.08 Å². The normalized spacial score (nSPS) is 15.4. The number of alkyl carbamates (subject to hydrolysis) is 1. The highest BCUT2D eigenvalue weighted by atomic mass is 32.1. The Morgan fingerprint density at radius 3 is 3.07 bits per heavy atom. The van der Waals surface area contributed by atoms with E-state index < -0.39 is 6.09 Å². The zero-order valence-electron chi connectivity index (χ0n) is 16.6. The third-order valence-electron chi connectivity index (χ3n) is 4.71. The van der Waals surface area contributed by atoms with E-state index in [4.69, 9.17) is 13.9 Å². The van der Waals surface area contributed by atoms with Gasteiger partial charge in [-0.1, -0.05) is 0 Å². The first-order valence-corrected chi connectivity index (χ1v) is 10.4. The van der Waals surface area contributed by atoms with Crippen molar-refractivity contribution in [3.8, 4) is 6.07 Å². The number of rotatable bonds is 8. The van der Waals surface area contributed by atoms with Crippen molar-refractivity contribution < 1.29 is 23.5 Å². The van der Waals surface area contributed by atoms with Gasteiger partial charge in [-0.25, -0.2) is 4.79 Å². The second-order valence-electron chi connectivity index (χ2n) is 6.83. The van der Waals surface area contributed by atoms with Gasteiger partial charge in [-0.05, 0) is 42.9 Å². The quantitative estimate of drug-likeness (QED) is 0.491. The average molecular weight is 429 g/mol. The number of carbonyl (C=O) groups excluding carboxylic acids is 2. The molecule has 9 heteroatoms. The highest BCUT2D eigenvalue weighted by Crippen LogP contribution is 2.39. The van der Waals surface area contributed by atoms with Crippen LogP contribution in [0.4, 0.5) is 9.80 Å². The molecule has 2 aromatic rings. The van der Waals surface area contributed by atoms with Crippen LogP contribution in [0.15, 0.2) is 29.1 Å². The maximum absolute atomic E-state index is 12.2. The van der Waals surface area contributed by atoms with Crippen molar-refractivity contribution in [2.75, 3.05) is 32.2 Å². The van der Waals surface area contributed by atoms with E-state index in [2.05, 4.69) is 16.7 Å². The lowest BCUT2D eigenvalue weighted by atomic mass is 9.88. The minimum Gasteiger partial charge on any atom is -0.472 e. The summed E-state index contributed by atoms with van der Waals surface area (Å²) in [6, 6.07) is 3.97. The summed E-state index contributed by atoms with van der Waals surface area (Å²) in [6.07, 6.45) is 7.90. The zero-order valence-corrected chi connectivity index (χ0v) is 17.4. The average Bonchev–Trinajstić information content (AvgIpc) is 3.37. The molecule has 0 radical (unpaired) electrons. The van der Waals surface area contributed by atoms with Gasteiger partial charge in [0, 0.05) is 30.2 Å². The summed E-state index contributed by atoms with van der Waals surface area (Å²) in [6.45, 7) is 1.14. The summed E-state index contributed by atoms with van der Waals surface area (Å²) in [5, 5.41) is 15.6. The summed E-state index contributed by atoms with van der Waals surface area (Å²) in [5.74, 6) is -0.126. The molecule has 1 aliphatic rings. The first kappa shape index (κ1) is 21.6. The third kappa shape index (κ3) is 5.72. The molecule has 1 unspecified atom stereocenters. The van der Waals surface area contributed by atoms with Crippen molar-refractivity contribution in [2.45, 2.75) is 19.3 Å². The third-order valence-corrected chi connectivity index (χ3v) is 5.88. The van der Waals surface area contributed by atoms with E-state index in [0.717, 1.165) is 28.8 Å². The van der Waals surface area contributed by atoms with Crippen molar-refractivity contribution >= 4 is 34.4 Å². The molecule has 2 heterocycles. The number of anilines is 1. The largest absolute Gasteiger partial charge is 0.472 e. The number of hydrogen-bond acceptors (Lipinski definition) is 7. The molecule has 0 spiro atoms. The monoisotopic (exact) mass is 429 g/mol. The summed E-state index contributed by atoms with van der Waals surface area (Å²) >= 11 is 1.41. The second kappa shape index (κ2) is 10.6. The highest BCUT2D eigenvalue weighted by Gasteiger charge is 2.27. The highest BCUT2D eigenvalue weighted by molar-refractivity contribution is 7.16. The van der Waals surface area contributed by atoms with E-state index in [9.17, 15) is 14.9 Å². The Kier molecular flexibility index (Phi) is 7.65. The fraction of sp³-hybridized carbons (Fsp3) is 0.381. The maximum Gasteiger partial charge on any atom is 0.407 e. The number of methoxy groups -OCH3 is 1. The van der Waals surface area contributed by atoms with Crippen LogP contribution in [-0.4, -0.2) is 38.9 Å². The molecule has 8 nitrogen and oxygen atoms in total. The van der Waals surface area contributed by atoms with Gasteiger partial charge in [-0.3, -0.25) is 4.79 Å². The first-order chi connectivity index (χ1) is 14.6. The molecule has 30 heavy (non-hydrogen) atoms. The van der Waals surface area contributed by atoms with Crippen molar-refractivity contribution in [1.29, 1.82) is 5.26 Å². The number of amides is 2. The Morgan fingerprint density at radius 2 is 2.33 bits per heavy atom. The number of nitriles is 1. The van der Waals surface area contributed by atoms with Crippen molar-refractivity contribution in [3.63, 3.8) is 0 Å². The lowest BCUT2D eigenvalue weighted by Gasteiger charge is -2.21. The summed E-state index contributed by atoms with van der Waals surface area (Å²) in [4.78, 5) is 25.0. The molecule has 158 valence electrons. The SMILES string of the molecule is COCCNC(=O)OCC1CCc2c(sc(NC(=O)/C=C/c3ccoc3)c2C#N)C1. The minimum absolute atomic E-state index is 0.181. The molecule has 3 rings (SSSR count). The van der Waals surface area contributed by atoms with Crippen molar-refractivity contribution in [3.05, 3.63) is 46.2 Å². The molecule has 2 aromatic heterocycles. The first-order valence-electron chi connectivity index (χ1n) is 9.56. The molecule has 0 aliphatic heterocycles. The number of ether oxygens (including phenoxy) is 2. The minimum atomic E-state index is -0.459. The standard InChI is InChI=1S/C21H23N3O5S/c1-27-9-7-23-21(26)29-13-15-2-4-16-17(11-22)20(30-18(16)10-15)24-19(25)5-3-14-6-8-28-12-14/h3,5-6,8,12,15H,2,4,7,9-10,13H2,1H3,(H,23,26)(H,24,25)/b5-3+. The summed E-state index contributed by atoms with van der Waals surface area (Å²) in [5.41, 5.74) is 2.29. The van der Waals surface area contributed by atoms with Gasteiger partial charge >= 0.3 is 6.09 Å². The van der Waals surface area contributed by atoms with E-state index in [1.165, 1.54) is 29.9 Å². The second-order valence-corrected chi connectivity index (χ2v) is 7.93. The lowest BCUT2D eigenvalue weighted by Crippen LogP contribution is -2.30. The zero-order chi connectivity index (χ0) is 21.3. The molecule has 2 amide bonds. The van der Waals surface area contributed by atoms with Gasteiger partial charge in [0.2, 0.25) is 5.91 Å². The van der Waals surface area contributed by atoms with Gasteiger partial charge in [0.25, 0.3) is 0 Å². The van der Waals surface area contributed by atoms with E-state index in [-0.39, 0.29) is 11.8 Å². The van der Waals surface area contributed by atoms with Gasteiger partial charge in [-0.2, -0.15) is 5.26 Å². The number of furan rings is 1. The van der Waals surface area contributed by atoms with Gasteiger partial charge in [0.1, 0.15) is 11.1 Å². The molecule has 0 aromatic carbocycles. The van der Waals surface area contributed by atoms with E-state index >= 15 is 0 Å². The number of thiophene rings is 1. The Hall–Kier alpha value is -3.09. The number of nitrogens with one attached hydrogen (secondary N) is 2. The number of fused-ring (bicyclic) bond motifs is 1. The van der Waals surface area contributed by atoms with E-state index in [1.54, 1.807) is 19.3 Å². The van der Waals surface area contributed by atoms with Gasteiger partial charge in [0.05, 0.1) is 31.3 Å². The molecule has 0 bridgehead atoms. The molecule has 0 saturated carbocycles. The van der Waals surface area contributed by atoms with Crippen LogP contribution in [-0.2, 0) is 27.1 Å². The molecular weight excluding hydrogens is 406 g/mol. The number of nitrogens with zero attached hydrogens (tertiary/aromatic N) is 1. The van der Waals surface area contributed by atoms with Crippen LogP contribution in [0.2, 0.25) is 0 Å². The van der Waals surface area contributed by atoms with Crippen LogP contribution in [0, 0.1) is 17.2 Å². The predicted molar refractivity (Wildman–Crippen MR) is 112 cm³/mol. The Morgan fingerprint density at radius 1 is 1.47 bits per heavy atom. The van der Waals surface area contributed by atoms with Crippen molar-refractivity contribution in [1.82, 2.24) is 5.32 Å². The predicted octanol–water partition coefficient (Wildman–Crippen LogP) is 3.34. The lowest BCUT2D eigenvalue weighted by molar-refractivity contribution is -0.111. The molecule has 1 aliphatic carbocycles. The number of carbonyl (C=O) groups is 2. The molecular formula is C21H23N3O5S. The maximum atomic E-state index is 12.2. The Labute approximate surface area is 178 Å². The fourth-order valence-corrected chi connectivity index (χ4v) is 4.51. The Balaban J connectivity index is 1.58. The van der Waals surface area contributed by atoms with Crippen molar-refractivity contribution in [2.24, 2.45) is 5.92 Å². The van der Waals surface area contributed by atoms with Crippen LogP contribution in [0.3, 0.4) is 0 Å². The topological polar surface area (TPSA) is 114 Å².